The van der Waals surface area contributed by atoms with Crippen molar-refractivity contribution in [3.8, 4) is 0 Å². The zero-order valence-corrected chi connectivity index (χ0v) is 15.8. The molecule has 1 heterocycles. The lowest BCUT2D eigenvalue weighted by Gasteiger charge is -2.60. The SMILES string of the molecule is CN1C(=O)C=C[C@@]2(C)C1CC[C@@H]1[C@H]2CC[C@]2(C)C(CC(O)O)CC[C@@H]12. The average molecular weight is 347 g/mol. The van der Waals surface area contributed by atoms with E-state index < -0.39 is 6.29 Å². The lowest BCUT2D eigenvalue weighted by Crippen LogP contribution is -2.59. The van der Waals surface area contributed by atoms with Crippen molar-refractivity contribution in [1.29, 1.82) is 0 Å². The summed E-state index contributed by atoms with van der Waals surface area (Å²) in [5, 5.41) is 19.0. The van der Waals surface area contributed by atoms with Gasteiger partial charge in [-0.05, 0) is 73.7 Å². The molecule has 0 spiro atoms. The third-order valence-electron chi connectivity index (χ3n) is 8.82. The molecule has 140 valence electrons. The Morgan fingerprint density at radius 2 is 1.92 bits per heavy atom. The molecule has 4 rings (SSSR count). The van der Waals surface area contributed by atoms with Gasteiger partial charge in [-0.1, -0.05) is 19.9 Å². The molecule has 0 saturated heterocycles. The zero-order chi connectivity index (χ0) is 18.0. The Labute approximate surface area is 151 Å². The predicted molar refractivity (Wildman–Crippen MR) is 96.4 cm³/mol. The number of nitrogens with zero attached hydrogens (tertiary/aromatic N) is 1. The van der Waals surface area contributed by atoms with Crippen molar-refractivity contribution in [3.05, 3.63) is 12.2 Å². The van der Waals surface area contributed by atoms with Crippen molar-refractivity contribution in [1.82, 2.24) is 4.90 Å². The molecule has 1 amide bonds. The lowest BCUT2D eigenvalue weighted by atomic mass is 9.47. The van der Waals surface area contributed by atoms with Crippen molar-refractivity contribution >= 4 is 5.91 Å². The summed E-state index contributed by atoms with van der Waals surface area (Å²) in [5.74, 6) is 2.65. The number of hydrogen-bond donors (Lipinski definition) is 2. The number of aliphatic hydroxyl groups is 2. The van der Waals surface area contributed by atoms with Crippen LogP contribution < -0.4 is 0 Å². The van der Waals surface area contributed by atoms with E-state index in [0.717, 1.165) is 12.8 Å². The Bertz CT molecular complexity index is 588. The van der Waals surface area contributed by atoms with Gasteiger partial charge in [0, 0.05) is 24.9 Å². The zero-order valence-electron chi connectivity index (χ0n) is 15.8. The van der Waals surface area contributed by atoms with E-state index in [-0.39, 0.29) is 16.7 Å². The molecule has 3 saturated carbocycles. The van der Waals surface area contributed by atoms with E-state index in [9.17, 15) is 15.0 Å². The van der Waals surface area contributed by atoms with Gasteiger partial charge < -0.3 is 15.1 Å². The monoisotopic (exact) mass is 347 g/mol. The third-order valence-corrected chi connectivity index (χ3v) is 8.82. The summed E-state index contributed by atoms with van der Waals surface area (Å²) in [4.78, 5) is 14.1. The minimum atomic E-state index is -1.17. The van der Waals surface area contributed by atoms with Gasteiger partial charge in [-0.15, -0.1) is 0 Å². The molecule has 2 unspecified atom stereocenters. The van der Waals surface area contributed by atoms with Crippen LogP contribution in [0.5, 0.6) is 0 Å². The maximum absolute atomic E-state index is 12.1. The predicted octanol–water partition coefficient (Wildman–Crippen LogP) is 2.94. The largest absolute Gasteiger partial charge is 0.368 e. The highest BCUT2D eigenvalue weighted by atomic mass is 16.5. The van der Waals surface area contributed by atoms with Crippen LogP contribution in [0.1, 0.15) is 58.8 Å². The fourth-order valence-electron chi connectivity index (χ4n) is 7.49. The molecular weight excluding hydrogens is 314 g/mol. The molecule has 3 aliphatic carbocycles. The van der Waals surface area contributed by atoms with E-state index >= 15 is 0 Å². The quantitative estimate of drug-likeness (QED) is 0.755. The molecule has 0 aromatic heterocycles. The molecule has 25 heavy (non-hydrogen) atoms. The number of carbonyl (C=O) groups excluding carboxylic acids is 1. The minimum absolute atomic E-state index is 0.0987. The van der Waals surface area contributed by atoms with E-state index in [2.05, 4.69) is 19.9 Å². The summed E-state index contributed by atoms with van der Waals surface area (Å²) in [7, 11) is 1.97. The standard InChI is InChI=1S/C21H33NO3/c1-20-10-8-16-14(15(20)6-4-13(20)12-19(24)25)5-7-17-21(16,2)11-9-18(23)22(17)3/h9,11,13-17,19,24-25H,4-8,10,12H2,1-3H3/t13?,14-,15-,16+,17?,20+,21+/m0/s1. The molecule has 7 atom stereocenters. The summed E-state index contributed by atoms with van der Waals surface area (Å²) >= 11 is 0. The molecule has 0 aromatic carbocycles. The Morgan fingerprint density at radius 3 is 2.64 bits per heavy atom. The van der Waals surface area contributed by atoms with Gasteiger partial charge in [-0.2, -0.15) is 0 Å². The summed E-state index contributed by atoms with van der Waals surface area (Å²) in [6, 6.07) is 0.340. The molecule has 4 heteroatoms. The third kappa shape index (κ3) is 2.43. The molecule has 1 aliphatic heterocycles. The van der Waals surface area contributed by atoms with Crippen molar-refractivity contribution in [2.75, 3.05) is 7.05 Å². The summed E-state index contributed by atoms with van der Waals surface area (Å²) in [6.45, 7) is 4.79. The first-order chi connectivity index (χ1) is 11.8. The van der Waals surface area contributed by atoms with Crippen LogP contribution in [-0.4, -0.2) is 40.4 Å². The van der Waals surface area contributed by atoms with Gasteiger partial charge in [0.15, 0.2) is 6.29 Å². The molecule has 0 bridgehead atoms. The summed E-state index contributed by atoms with van der Waals surface area (Å²) < 4.78 is 0. The van der Waals surface area contributed by atoms with Crippen LogP contribution >= 0.6 is 0 Å². The molecule has 4 nitrogen and oxygen atoms in total. The molecule has 2 N–H and O–H groups in total. The number of amides is 1. The fourth-order valence-corrected chi connectivity index (χ4v) is 7.49. The van der Waals surface area contributed by atoms with Crippen LogP contribution in [0, 0.1) is 34.5 Å². The maximum atomic E-state index is 12.1. The smallest absolute Gasteiger partial charge is 0.246 e. The van der Waals surface area contributed by atoms with Gasteiger partial charge in [-0.3, -0.25) is 4.79 Å². The van der Waals surface area contributed by atoms with Crippen LogP contribution in [0.4, 0.5) is 0 Å². The van der Waals surface area contributed by atoms with Crippen molar-refractivity contribution < 1.29 is 15.0 Å². The van der Waals surface area contributed by atoms with Crippen LogP contribution in [0.2, 0.25) is 0 Å². The van der Waals surface area contributed by atoms with E-state index in [1.54, 1.807) is 6.08 Å². The molecule has 4 aliphatic rings. The second-order valence-electron chi connectivity index (χ2n) is 9.65. The highest BCUT2D eigenvalue weighted by Gasteiger charge is 2.60. The van der Waals surface area contributed by atoms with Crippen LogP contribution in [-0.2, 0) is 4.79 Å². The van der Waals surface area contributed by atoms with Gasteiger partial charge in [-0.25, -0.2) is 0 Å². The van der Waals surface area contributed by atoms with Crippen LogP contribution in [0.25, 0.3) is 0 Å². The Balaban J connectivity index is 1.62. The number of likely N-dealkylation sites (N-methyl/N-ethyl adjacent to an activating group) is 1. The molecule has 0 aromatic rings. The highest BCUT2D eigenvalue weighted by Crippen LogP contribution is 2.66. The Morgan fingerprint density at radius 1 is 1.16 bits per heavy atom. The number of rotatable bonds is 2. The van der Waals surface area contributed by atoms with Gasteiger partial charge in [0.25, 0.3) is 0 Å². The Hall–Kier alpha value is -0.870. The second-order valence-corrected chi connectivity index (χ2v) is 9.65. The minimum Gasteiger partial charge on any atom is -0.368 e. The molecule has 0 radical (unpaired) electrons. The van der Waals surface area contributed by atoms with E-state index in [1.807, 2.05) is 11.9 Å². The van der Waals surface area contributed by atoms with Crippen LogP contribution in [0.15, 0.2) is 12.2 Å². The Kier molecular flexibility index (Phi) is 4.08. The topological polar surface area (TPSA) is 60.8 Å². The average Bonchev–Trinajstić information content (AvgIpc) is 2.88. The number of hydrogen-bond acceptors (Lipinski definition) is 3. The first-order valence-corrected chi connectivity index (χ1v) is 10.1. The maximum Gasteiger partial charge on any atom is 0.246 e. The summed E-state index contributed by atoms with van der Waals surface area (Å²) in [6.07, 6.45) is 10.4. The van der Waals surface area contributed by atoms with Crippen molar-refractivity contribution in [2.45, 2.75) is 71.1 Å². The van der Waals surface area contributed by atoms with Gasteiger partial charge >= 0.3 is 0 Å². The van der Waals surface area contributed by atoms with E-state index in [4.69, 9.17) is 0 Å². The first kappa shape index (κ1) is 17.5. The molecular formula is C21H33NO3. The molecule has 3 fully saturated rings. The first-order valence-electron chi connectivity index (χ1n) is 10.1. The number of carbonyl (C=O) groups is 1. The van der Waals surface area contributed by atoms with E-state index in [1.165, 1.54) is 25.7 Å². The van der Waals surface area contributed by atoms with Gasteiger partial charge in [0.05, 0.1) is 0 Å². The fraction of sp³-hybridized carbons (Fsp3) is 0.857. The van der Waals surface area contributed by atoms with Gasteiger partial charge in [0.1, 0.15) is 0 Å². The number of aliphatic hydroxyl groups excluding tert-OH is 1. The van der Waals surface area contributed by atoms with Crippen LogP contribution in [0.3, 0.4) is 0 Å². The second kappa shape index (κ2) is 5.82. The lowest BCUT2D eigenvalue weighted by molar-refractivity contribution is -0.139. The summed E-state index contributed by atoms with van der Waals surface area (Å²) in [5.41, 5.74) is 0.357. The van der Waals surface area contributed by atoms with Crippen molar-refractivity contribution in [2.24, 2.45) is 34.5 Å². The number of fused-ring (bicyclic) bond motifs is 5. The van der Waals surface area contributed by atoms with E-state index in [0.29, 0.717) is 36.1 Å². The normalized spacial score (nSPS) is 49.1. The van der Waals surface area contributed by atoms with Crippen molar-refractivity contribution in [3.63, 3.8) is 0 Å². The van der Waals surface area contributed by atoms with Gasteiger partial charge in [0.2, 0.25) is 5.91 Å². The highest BCUT2D eigenvalue weighted by molar-refractivity contribution is 5.89.